The largest absolute Gasteiger partial charge is 0.358 e. The number of nitrogens with one attached hydrogen (secondary N) is 2. The third kappa shape index (κ3) is 3.40. The zero-order valence-corrected chi connectivity index (χ0v) is 17.8. The van der Waals surface area contributed by atoms with Gasteiger partial charge < -0.3 is 10.3 Å². The van der Waals surface area contributed by atoms with Crippen LogP contribution in [0, 0.1) is 13.8 Å². The Labute approximate surface area is 181 Å². The second-order valence-electron chi connectivity index (χ2n) is 7.35. The van der Waals surface area contributed by atoms with Crippen molar-refractivity contribution in [3.05, 3.63) is 75.7 Å². The van der Waals surface area contributed by atoms with E-state index in [1.807, 2.05) is 55.6 Å². The van der Waals surface area contributed by atoms with E-state index in [-0.39, 0.29) is 18.0 Å². The zero-order chi connectivity index (χ0) is 21.5. The molecule has 0 unspecified atom stereocenters. The van der Waals surface area contributed by atoms with Crippen LogP contribution in [0.25, 0.3) is 32.9 Å². The van der Waals surface area contributed by atoms with Crippen molar-refractivity contribution in [1.82, 2.24) is 19.7 Å². The molecule has 0 spiro atoms. The van der Waals surface area contributed by atoms with Gasteiger partial charge in [0, 0.05) is 32.9 Å². The van der Waals surface area contributed by atoms with Crippen LogP contribution < -0.4 is 10.9 Å². The number of fused-ring (bicyclic) bond motifs is 2. The lowest BCUT2D eigenvalue weighted by atomic mass is 10.1. The van der Waals surface area contributed by atoms with E-state index >= 15 is 0 Å². The first kappa shape index (κ1) is 19.2. The number of benzene rings is 2. The molecule has 0 radical (unpaired) electrons. The van der Waals surface area contributed by atoms with E-state index in [2.05, 4.69) is 20.4 Å². The van der Waals surface area contributed by atoms with E-state index in [4.69, 9.17) is 0 Å². The first-order chi connectivity index (χ1) is 15.0. The predicted octanol–water partition coefficient (Wildman–Crippen LogP) is 4.26. The maximum atomic E-state index is 12.7. The first-order valence-corrected chi connectivity index (χ1v) is 10.7. The van der Waals surface area contributed by atoms with Crippen molar-refractivity contribution in [3.8, 4) is 11.3 Å². The molecule has 31 heavy (non-hydrogen) atoms. The third-order valence-corrected chi connectivity index (χ3v) is 6.00. The topological polar surface area (TPSA) is 92.7 Å². The average molecular weight is 430 g/mol. The SMILES string of the molecule is Cc1[nH]c2ccccc2c1-c1csc(NC(=O)Cn2nc(C)c3ccccc3c2=O)n1. The smallest absolute Gasteiger partial charge is 0.275 e. The molecule has 0 aliphatic carbocycles. The minimum absolute atomic E-state index is 0.175. The first-order valence-electron chi connectivity index (χ1n) is 9.81. The maximum Gasteiger partial charge on any atom is 0.275 e. The van der Waals surface area contributed by atoms with Gasteiger partial charge in [-0.25, -0.2) is 9.67 Å². The molecule has 1 amide bonds. The van der Waals surface area contributed by atoms with Gasteiger partial charge in [0.1, 0.15) is 6.54 Å². The lowest BCUT2D eigenvalue weighted by Gasteiger charge is -2.08. The minimum Gasteiger partial charge on any atom is -0.358 e. The van der Waals surface area contributed by atoms with Crippen molar-refractivity contribution in [1.29, 1.82) is 0 Å². The summed E-state index contributed by atoms with van der Waals surface area (Å²) in [6.07, 6.45) is 0. The maximum absolute atomic E-state index is 12.7. The molecule has 0 fully saturated rings. The van der Waals surface area contributed by atoms with Gasteiger partial charge in [-0.2, -0.15) is 5.10 Å². The molecule has 2 N–H and O–H groups in total. The normalized spacial score (nSPS) is 11.3. The van der Waals surface area contributed by atoms with E-state index < -0.39 is 0 Å². The number of thiazole rings is 1. The number of carbonyl (C=O) groups excluding carboxylic acids is 1. The molecule has 8 heteroatoms. The lowest BCUT2D eigenvalue weighted by Crippen LogP contribution is -2.30. The molecular formula is C23H19N5O2S. The van der Waals surface area contributed by atoms with Crippen LogP contribution >= 0.6 is 11.3 Å². The molecule has 0 saturated carbocycles. The molecule has 3 heterocycles. The minimum atomic E-state index is -0.346. The molecule has 0 bridgehead atoms. The molecule has 5 rings (SSSR count). The van der Waals surface area contributed by atoms with Crippen molar-refractivity contribution < 1.29 is 4.79 Å². The van der Waals surface area contributed by atoms with Crippen molar-refractivity contribution in [3.63, 3.8) is 0 Å². The van der Waals surface area contributed by atoms with Crippen LogP contribution in [0.2, 0.25) is 0 Å². The molecule has 0 aliphatic heterocycles. The monoisotopic (exact) mass is 429 g/mol. The Morgan fingerprint density at radius 2 is 1.77 bits per heavy atom. The number of para-hydroxylation sites is 1. The Morgan fingerprint density at radius 1 is 1.06 bits per heavy atom. The van der Waals surface area contributed by atoms with Crippen LogP contribution in [-0.4, -0.2) is 25.7 Å². The quantitative estimate of drug-likeness (QED) is 0.447. The van der Waals surface area contributed by atoms with Crippen LogP contribution in [0.15, 0.2) is 58.7 Å². The fraction of sp³-hybridized carbons (Fsp3) is 0.130. The van der Waals surface area contributed by atoms with Crippen molar-refractivity contribution >= 4 is 44.1 Å². The number of rotatable bonds is 4. The Bertz CT molecular complexity index is 1510. The molecule has 7 nitrogen and oxygen atoms in total. The molecular weight excluding hydrogens is 410 g/mol. The number of H-pyrrole nitrogens is 1. The van der Waals surface area contributed by atoms with E-state index in [9.17, 15) is 9.59 Å². The second kappa shape index (κ2) is 7.48. The number of amides is 1. The highest BCUT2D eigenvalue weighted by Crippen LogP contribution is 2.33. The number of aromatic nitrogens is 4. The van der Waals surface area contributed by atoms with Crippen LogP contribution in [-0.2, 0) is 11.3 Å². The molecule has 0 atom stereocenters. The molecule has 2 aromatic carbocycles. The number of nitrogens with zero attached hydrogens (tertiary/aromatic N) is 3. The van der Waals surface area contributed by atoms with Gasteiger partial charge in [-0.1, -0.05) is 36.4 Å². The van der Waals surface area contributed by atoms with Gasteiger partial charge in [0.2, 0.25) is 5.91 Å². The fourth-order valence-electron chi connectivity index (χ4n) is 3.86. The highest BCUT2D eigenvalue weighted by Gasteiger charge is 2.16. The molecule has 154 valence electrons. The highest BCUT2D eigenvalue weighted by atomic mass is 32.1. The highest BCUT2D eigenvalue weighted by molar-refractivity contribution is 7.14. The molecule has 3 aromatic heterocycles. The van der Waals surface area contributed by atoms with Gasteiger partial charge in [-0.15, -0.1) is 11.3 Å². The zero-order valence-electron chi connectivity index (χ0n) is 17.0. The summed E-state index contributed by atoms with van der Waals surface area (Å²) < 4.78 is 1.20. The van der Waals surface area contributed by atoms with Gasteiger partial charge in [-0.3, -0.25) is 9.59 Å². The summed E-state index contributed by atoms with van der Waals surface area (Å²) in [6.45, 7) is 3.66. The Kier molecular flexibility index (Phi) is 4.63. The van der Waals surface area contributed by atoms with E-state index in [1.165, 1.54) is 16.0 Å². The number of anilines is 1. The molecule has 0 saturated heterocycles. The van der Waals surface area contributed by atoms with Crippen LogP contribution in [0.4, 0.5) is 5.13 Å². The summed E-state index contributed by atoms with van der Waals surface area (Å²) in [4.78, 5) is 33.3. The summed E-state index contributed by atoms with van der Waals surface area (Å²) in [6, 6.07) is 15.3. The van der Waals surface area contributed by atoms with Crippen LogP contribution in [0.1, 0.15) is 11.4 Å². The third-order valence-electron chi connectivity index (χ3n) is 5.25. The average Bonchev–Trinajstić information content (AvgIpc) is 3.34. The lowest BCUT2D eigenvalue weighted by molar-refractivity contribution is -0.117. The fourth-order valence-corrected chi connectivity index (χ4v) is 4.58. The number of hydrogen-bond donors (Lipinski definition) is 2. The summed E-state index contributed by atoms with van der Waals surface area (Å²) >= 11 is 1.35. The molecule has 5 aromatic rings. The predicted molar refractivity (Wildman–Crippen MR) is 124 cm³/mol. The van der Waals surface area contributed by atoms with Crippen molar-refractivity contribution in [2.75, 3.05) is 5.32 Å². The van der Waals surface area contributed by atoms with Gasteiger partial charge in [0.15, 0.2) is 5.13 Å². The number of aromatic amines is 1. The van der Waals surface area contributed by atoms with Gasteiger partial charge in [0.05, 0.1) is 16.8 Å². The van der Waals surface area contributed by atoms with Crippen LogP contribution in [0.5, 0.6) is 0 Å². The van der Waals surface area contributed by atoms with Crippen molar-refractivity contribution in [2.45, 2.75) is 20.4 Å². The number of hydrogen-bond acceptors (Lipinski definition) is 5. The molecule has 0 aliphatic rings. The van der Waals surface area contributed by atoms with Gasteiger partial charge in [0.25, 0.3) is 5.56 Å². The number of aryl methyl sites for hydroxylation is 2. The number of carbonyl (C=O) groups is 1. The standard InChI is InChI=1S/C23H19N5O2S/c1-13-15-7-3-4-8-16(15)22(30)28(27-13)11-20(29)26-23-25-19(12-31-23)21-14(2)24-18-10-6-5-9-17(18)21/h3-10,12,24H,11H2,1-2H3,(H,25,26,29). The Morgan fingerprint density at radius 3 is 2.58 bits per heavy atom. The van der Waals surface area contributed by atoms with Gasteiger partial charge in [-0.05, 0) is 26.0 Å². The van der Waals surface area contributed by atoms with E-state index in [0.29, 0.717) is 16.2 Å². The Hall–Kier alpha value is -3.78. The van der Waals surface area contributed by atoms with Crippen LogP contribution in [0.3, 0.4) is 0 Å². The van der Waals surface area contributed by atoms with Crippen molar-refractivity contribution in [2.24, 2.45) is 0 Å². The summed E-state index contributed by atoms with van der Waals surface area (Å²) in [5.41, 5.74) is 4.31. The Balaban J connectivity index is 1.40. The van der Waals surface area contributed by atoms with E-state index in [1.54, 1.807) is 12.1 Å². The second-order valence-corrected chi connectivity index (χ2v) is 8.21. The summed E-state index contributed by atoms with van der Waals surface area (Å²) in [5, 5.41) is 11.9. The van der Waals surface area contributed by atoms with Gasteiger partial charge >= 0.3 is 0 Å². The summed E-state index contributed by atoms with van der Waals surface area (Å²) in [5.74, 6) is -0.346. The summed E-state index contributed by atoms with van der Waals surface area (Å²) in [7, 11) is 0. The van der Waals surface area contributed by atoms with E-state index in [0.717, 1.165) is 33.2 Å².